The molecule has 0 aliphatic carbocycles. The molecule has 72 valence electrons. The maximum absolute atomic E-state index is 5.09. The molecule has 2 unspecified atom stereocenters. The SMILES string of the molecule is C=CC(C)NC(C)C(OC)OC. The van der Waals surface area contributed by atoms with Gasteiger partial charge in [0.2, 0.25) is 0 Å². The van der Waals surface area contributed by atoms with Crippen molar-refractivity contribution in [2.75, 3.05) is 14.2 Å². The summed E-state index contributed by atoms with van der Waals surface area (Å²) in [5.41, 5.74) is 0. The highest BCUT2D eigenvalue weighted by Gasteiger charge is 2.15. The summed E-state index contributed by atoms with van der Waals surface area (Å²) in [5.74, 6) is 0. The van der Waals surface area contributed by atoms with Crippen LogP contribution in [0.5, 0.6) is 0 Å². The highest BCUT2D eigenvalue weighted by atomic mass is 16.7. The van der Waals surface area contributed by atoms with E-state index in [2.05, 4.69) is 11.9 Å². The van der Waals surface area contributed by atoms with Crippen molar-refractivity contribution in [2.24, 2.45) is 0 Å². The first-order chi connectivity index (χ1) is 5.65. The molecule has 0 radical (unpaired) electrons. The first-order valence-corrected chi connectivity index (χ1v) is 4.09. The Balaban J connectivity index is 3.82. The zero-order valence-corrected chi connectivity index (χ0v) is 8.33. The van der Waals surface area contributed by atoms with Crippen LogP contribution in [0, 0.1) is 0 Å². The van der Waals surface area contributed by atoms with E-state index in [0.717, 1.165) is 0 Å². The lowest BCUT2D eigenvalue weighted by atomic mass is 10.2. The lowest BCUT2D eigenvalue weighted by molar-refractivity contribution is -0.120. The summed E-state index contributed by atoms with van der Waals surface area (Å²) in [6.45, 7) is 7.73. The molecule has 3 nitrogen and oxygen atoms in total. The molecule has 0 aliphatic heterocycles. The van der Waals surface area contributed by atoms with E-state index in [4.69, 9.17) is 9.47 Å². The lowest BCUT2D eigenvalue weighted by Crippen LogP contribution is -2.43. The van der Waals surface area contributed by atoms with E-state index >= 15 is 0 Å². The average Bonchev–Trinajstić information content (AvgIpc) is 2.06. The summed E-state index contributed by atoms with van der Waals surface area (Å²) in [6, 6.07) is 0.431. The van der Waals surface area contributed by atoms with Crippen molar-refractivity contribution in [3.05, 3.63) is 12.7 Å². The zero-order chi connectivity index (χ0) is 9.56. The van der Waals surface area contributed by atoms with Crippen LogP contribution < -0.4 is 5.32 Å². The summed E-state index contributed by atoms with van der Waals surface area (Å²) < 4.78 is 10.2. The fourth-order valence-electron chi connectivity index (χ4n) is 1.07. The van der Waals surface area contributed by atoms with E-state index in [1.165, 1.54) is 0 Å². The molecule has 3 heteroatoms. The van der Waals surface area contributed by atoms with Gasteiger partial charge >= 0.3 is 0 Å². The molecular formula is C9H19NO2. The van der Waals surface area contributed by atoms with Crippen molar-refractivity contribution in [3.8, 4) is 0 Å². The monoisotopic (exact) mass is 173 g/mol. The van der Waals surface area contributed by atoms with Gasteiger partial charge < -0.3 is 14.8 Å². The number of hydrogen-bond acceptors (Lipinski definition) is 3. The summed E-state index contributed by atoms with van der Waals surface area (Å²) in [6.07, 6.45) is 1.64. The Labute approximate surface area is 74.7 Å². The molecule has 0 rings (SSSR count). The third-order valence-electron chi connectivity index (χ3n) is 1.75. The van der Waals surface area contributed by atoms with E-state index in [9.17, 15) is 0 Å². The minimum atomic E-state index is -0.201. The van der Waals surface area contributed by atoms with Gasteiger partial charge in [-0.05, 0) is 13.8 Å². The van der Waals surface area contributed by atoms with Crippen molar-refractivity contribution < 1.29 is 9.47 Å². The highest BCUT2D eigenvalue weighted by Crippen LogP contribution is 1.99. The maximum Gasteiger partial charge on any atom is 0.171 e. The third-order valence-corrected chi connectivity index (χ3v) is 1.75. The summed E-state index contributed by atoms with van der Waals surface area (Å²) >= 11 is 0. The molecule has 1 N–H and O–H groups in total. The minimum absolute atomic E-state index is 0.160. The quantitative estimate of drug-likeness (QED) is 0.483. The number of hydrogen-bond donors (Lipinski definition) is 1. The molecule has 0 aliphatic rings. The Morgan fingerprint density at radius 1 is 1.25 bits per heavy atom. The van der Waals surface area contributed by atoms with Gasteiger partial charge in [-0.3, -0.25) is 0 Å². The van der Waals surface area contributed by atoms with Crippen LogP contribution in [-0.2, 0) is 9.47 Å². The van der Waals surface area contributed by atoms with Crippen molar-refractivity contribution in [1.29, 1.82) is 0 Å². The summed E-state index contributed by atoms with van der Waals surface area (Å²) in [4.78, 5) is 0. The van der Waals surface area contributed by atoms with Gasteiger partial charge in [0.1, 0.15) is 0 Å². The van der Waals surface area contributed by atoms with E-state index in [-0.39, 0.29) is 18.4 Å². The van der Waals surface area contributed by atoms with E-state index in [0.29, 0.717) is 0 Å². The molecule has 0 aromatic carbocycles. The fourth-order valence-corrected chi connectivity index (χ4v) is 1.07. The molecule has 0 spiro atoms. The Morgan fingerprint density at radius 2 is 1.75 bits per heavy atom. The largest absolute Gasteiger partial charge is 0.354 e. The van der Waals surface area contributed by atoms with Gasteiger partial charge in [0.25, 0.3) is 0 Å². The number of rotatable bonds is 6. The second kappa shape index (κ2) is 6.17. The molecule has 2 atom stereocenters. The zero-order valence-electron chi connectivity index (χ0n) is 8.33. The van der Waals surface area contributed by atoms with Crippen molar-refractivity contribution >= 4 is 0 Å². The van der Waals surface area contributed by atoms with Crippen LogP contribution in [0.25, 0.3) is 0 Å². The van der Waals surface area contributed by atoms with Crippen molar-refractivity contribution in [3.63, 3.8) is 0 Å². The van der Waals surface area contributed by atoms with Crippen LogP contribution >= 0.6 is 0 Å². The molecule has 0 bridgehead atoms. The van der Waals surface area contributed by atoms with Gasteiger partial charge in [0, 0.05) is 20.3 Å². The summed E-state index contributed by atoms with van der Waals surface area (Å²) in [5, 5.41) is 3.26. The van der Waals surface area contributed by atoms with Crippen LogP contribution in [0.1, 0.15) is 13.8 Å². The van der Waals surface area contributed by atoms with Gasteiger partial charge in [-0.1, -0.05) is 6.08 Å². The molecule has 0 fully saturated rings. The van der Waals surface area contributed by atoms with Crippen LogP contribution in [-0.4, -0.2) is 32.6 Å². The van der Waals surface area contributed by atoms with Crippen LogP contribution in [0.3, 0.4) is 0 Å². The number of nitrogens with one attached hydrogen (secondary N) is 1. The van der Waals surface area contributed by atoms with Gasteiger partial charge in [0.15, 0.2) is 6.29 Å². The Hall–Kier alpha value is -0.380. The normalized spacial score (nSPS) is 16.1. The topological polar surface area (TPSA) is 30.5 Å². The molecule has 12 heavy (non-hydrogen) atoms. The Morgan fingerprint density at radius 3 is 2.08 bits per heavy atom. The van der Waals surface area contributed by atoms with Crippen LogP contribution in [0.4, 0.5) is 0 Å². The van der Waals surface area contributed by atoms with Gasteiger partial charge in [-0.2, -0.15) is 0 Å². The fraction of sp³-hybridized carbons (Fsp3) is 0.778. The molecule has 0 saturated carbocycles. The van der Waals surface area contributed by atoms with Crippen molar-refractivity contribution in [1.82, 2.24) is 5.32 Å². The van der Waals surface area contributed by atoms with Crippen LogP contribution in [0.2, 0.25) is 0 Å². The van der Waals surface area contributed by atoms with Gasteiger partial charge in [-0.15, -0.1) is 6.58 Å². The molecule has 0 aromatic heterocycles. The van der Waals surface area contributed by atoms with E-state index in [1.807, 2.05) is 19.9 Å². The van der Waals surface area contributed by atoms with Crippen LogP contribution in [0.15, 0.2) is 12.7 Å². The molecule has 0 heterocycles. The molecular weight excluding hydrogens is 154 g/mol. The van der Waals surface area contributed by atoms with Crippen molar-refractivity contribution in [2.45, 2.75) is 32.2 Å². The Kier molecular flexibility index (Phi) is 5.98. The molecule has 0 saturated heterocycles. The lowest BCUT2D eigenvalue weighted by Gasteiger charge is -2.24. The molecule has 0 amide bonds. The standard InChI is InChI=1S/C9H19NO2/c1-6-7(2)10-8(3)9(11-4)12-5/h6-10H,1H2,2-5H3. The minimum Gasteiger partial charge on any atom is -0.354 e. The second-order valence-corrected chi connectivity index (χ2v) is 2.82. The van der Waals surface area contributed by atoms with E-state index < -0.39 is 0 Å². The first-order valence-electron chi connectivity index (χ1n) is 4.09. The predicted molar refractivity (Wildman–Crippen MR) is 50.1 cm³/mol. The number of ether oxygens (including phenoxy) is 2. The third kappa shape index (κ3) is 3.85. The summed E-state index contributed by atoms with van der Waals surface area (Å²) in [7, 11) is 3.26. The smallest absolute Gasteiger partial charge is 0.171 e. The average molecular weight is 173 g/mol. The molecule has 0 aromatic rings. The van der Waals surface area contributed by atoms with E-state index in [1.54, 1.807) is 14.2 Å². The van der Waals surface area contributed by atoms with Gasteiger partial charge in [-0.25, -0.2) is 0 Å². The number of methoxy groups -OCH3 is 2. The Bertz CT molecular complexity index is 124. The second-order valence-electron chi connectivity index (χ2n) is 2.82. The van der Waals surface area contributed by atoms with Gasteiger partial charge in [0.05, 0.1) is 6.04 Å². The predicted octanol–water partition coefficient (Wildman–Crippen LogP) is 1.16. The maximum atomic E-state index is 5.09. The first kappa shape index (κ1) is 11.6. The highest BCUT2D eigenvalue weighted by molar-refractivity contribution is 4.84.